The van der Waals surface area contributed by atoms with Crippen LogP contribution in [0.1, 0.15) is 18.1 Å². The lowest BCUT2D eigenvalue weighted by Crippen LogP contribution is -2.53. The molecule has 0 bridgehead atoms. The van der Waals surface area contributed by atoms with Crippen molar-refractivity contribution in [3.05, 3.63) is 57.6 Å². The Morgan fingerprint density at radius 2 is 1.67 bits per heavy atom. The van der Waals surface area contributed by atoms with E-state index in [2.05, 4.69) is 5.32 Å². The summed E-state index contributed by atoms with van der Waals surface area (Å²) in [6, 6.07) is 9.85. The number of nitrogens with one attached hydrogen (secondary N) is 1. The molecule has 3 rings (SSSR count). The van der Waals surface area contributed by atoms with Gasteiger partial charge in [-0.1, -0.05) is 35.3 Å². The van der Waals surface area contributed by atoms with Gasteiger partial charge in [0.2, 0.25) is 15.9 Å². The molecule has 0 aliphatic carbocycles. The molecule has 2 aromatic carbocycles. The molecule has 0 spiro atoms. The smallest absolute Gasteiger partial charge is 0.243 e. The maximum absolute atomic E-state index is 12.9. The number of piperazine rings is 1. The van der Waals surface area contributed by atoms with Crippen LogP contribution < -0.4 is 5.32 Å². The van der Waals surface area contributed by atoms with E-state index < -0.39 is 10.0 Å². The van der Waals surface area contributed by atoms with Gasteiger partial charge in [-0.05, 0) is 56.2 Å². The molecule has 0 radical (unpaired) electrons. The first-order chi connectivity index (χ1) is 14.1. The topological polar surface area (TPSA) is 69.7 Å². The Balaban J connectivity index is 1.63. The number of aryl methyl sites for hydroxylation is 2. The number of amides is 1. The number of hydrogen-bond acceptors (Lipinski definition) is 4. The predicted octanol–water partition coefficient (Wildman–Crippen LogP) is 3.94. The van der Waals surface area contributed by atoms with E-state index in [-0.39, 0.29) is 21.9 Å². The van der Waals surface area contributed by atoms with E-state index in [1.165, 1.54) is 22.5 Å². The van der Waals surface area contributed by atoms with E-state index in [9.17, 15) is 13.2 Å². The van der Waals surface area contributed by atoms with Gasteiger partial charge in [-0.3, -0.25) is 9.69 Å². The van der Waals surface area contributed by atoms with Gasteiger partial charge in [-0.15, -0.1) is 0 Å². The first kappa shape index (κ1) is 23.0. The molecule has 0 aromatic heterocycles. The Morgan fingerprint density at radius 3 is 2.30 bits per heavy atom. The van der Waals surface area contributed by atoms with Gasteiger partial charge in [0.1, 0.15) is 0 Å². The molecule has 30 heavy (non-hydrogen) atoms. The van der Waals surface area contributed by atoms with Crippen LogP contribution in [-0.2, 0) is 14.8 Å². The Morgan fingerprint density at radius 1 is 1.00 bits per heavy atom. The van der Waals surface area contributed by atoms with Gasteiger partial charge in [-0.2, -0.15) is 4.31 Å². The molecule has 1 amide bonds. The van der Waals surface area contributed by atoms with Gasteiger partial charge in [-0.25, -0.2) is 8.42 Å². The SMILES string of the molecule is Cc1ccc(C)c(NC(=O)C(C)N2CCN(S(=O)(=O)c3ccc(Cl)c(Cl)c3)CC2)c1. The third-order valence-corrected chi connectivity index (χ3v) is 8.01. The first-order valence-electron chi connectivity index (χ1n) is 9.67. The van der Waals surface area contributed by atoms with Gasteiger partial charge in [0.25, 0.3) is 0 Å². The number of sulfonamides is 1. The van der Waals surface area contributed by atoms with Crippen LogP contribution in [-0.4, -0.2) is 55.8 Å². The molecular weight excluding hydrogens is 445 g/mol. The second-order valence-electron chi connectivity index (χ2n) is 7.50. The molecule has 6 nitrogen and oxygen atoms in total. The van der Waals surface area contributed by atoms with E-state index in [1.54, 1.807) is 0 Å². The second-order valence-corrected chi connectivity index (χ2v) is 10.3. The molecule has 9 heteroatoms. The van der Waals surface area contributed by atoms with Crippen molar-refractivity contribution >= 4 is 44.8 Å². The molecule has 1 aliphatic rings. The first-order valence-corrected chi connectivity index (χ1v) is 11.9. The van der Waals surface area contributed by atoms with Gasteiger partial charge < -0.3 is 5.32 Å². The zero-order valence-electron chi connectivity index (χ0n) is 17.2. The van der Waals surface area contributed by atoms with Crippen molar-refractivity contribution < 1.29 is 13.2 Å². The van der Waals surface area contributed by atoms with Crippen molar-refractivity contribution in [2.75, 3.05) is 31.5 Å². The summed E-state index contributed by atoms with van der Waals surface area (Å²) in [5, 5.41) is 3.50. The van der Waals surface area contributed by atoms with Crippen LogP contribution in [0.5, 0.6) is 0 Å². The van der Waals surface area contributed by atoms with E-state index in [4.69, 9.17) is 23.2 Å². The van der Waals surface area contributed by atoms with E-state index in [1.807, 2.05) is 43.9 Å². The highest BCUT2D eigenvalue weighted by molar-refractivity contribution is 7.89. The van der Waals surface area contributed by atoms with Crippen LogP contribution in [0.25, 0.3) is 0 Å². The molecule has 162 valence electrons. The average Bonchev–Trinajstić information content (AvgIpc) is 2.72. The standard InChI is InChI=1S/C21H25Cl2N3O3S/c1-14-4-5-15(2)20(12-14)24-21(27)16(3)25-8-10-26(11-9-25)30(28,29)17-6-7-18(22)19(23)13-17/h4-7,12-13,16H,8-11H2,1-3H3,(H,24,27). The molecular formula is C21H25Cl2N3O3S. The van der Waals surface area contributed by atoms with Crippen molar-refractivity contribution in [3.8, 4) is 0 Å². The molecule has 1 aliphatic heterocycles. The van der Waals surface area contributed by atoms with E-state index in [0.717, 1.165) is 16.8 Å². The van der Waals surface area contributed by atoms with Crippen molar-refractivity contribution in [2.45, 2.75) is 31.7 Å². The monoisotopic (exact) mass is 469 g/mol. The van der Waals surface area contributed by atoms with Crippen LogP contribution in [0.15, 0.2) is 41.3 Å². The lowest BCUT2D eigenvalue weighted by Gasteiger charge is -2.36. The molecule has 2 aromatic rings. The van der Waals surface area contributed by atoms with Crippen LogP contribution >= 0.6 is 23.2 Å². The average molecular weight is 470 g/mol. The number of carbonyl (C=O) groups excluding carboxylic acids is 1. The van der Waals surface area contributed by atoms with Crippen molar-refractivity contribution in [1.29, 1.82) is 0 Å². The number of benzene rings is 2. The summed E-state index contributed by atoms with van der Waals surface area (Å²) >= 11 is 11.9. The fourth-order valence-corrected chi connectivity index (χ4v) is 5.20. The molecule has 1 heterocycles. The fourth-order valence-electron chi connectivity index (χ4n) is 3.39. The molecule has 1 saturated heterocycles. The maximum atomic E-state index is 12.9. The maximum Gasteiger partial charge on any atom is 0.243 e. The quantitative estimate of drug-likeness (QED) is 0.719. The Labute approximate surface area is 187 Å². The number of rotatable bonds is 5. The Hall–Kier alpha value is -1.64. The second kappa shape index (κ2) is 9.24. The third kappa shape index (κ3) is 4.98. The number of nitrogens with zero attached hydrogens (tertiary/aromatic N) is 2. The van der Waals surface area contributed by atoms with Crippen LogP contribution in [0.2, 0.25) is 10.0 Å². The summed E-state index contributed by atoms with van der Waals surface area (Å²) in [5.74, 6) is -0.107. The lowest BCUT2D eigenvalue weighted by molar-refractivity contribution is -0.121. The van der Waals surface area contributed by atoms with E-state index >= 15 is 0 Å². The highest BCUT2D eigenvalue weighted by Crippen LogP contribution is 2.27. The molecule has 0 saturated carbocycles. The minimum absolute atomic E-state index is 0.107. The summed E-state index contributed by atoms with van der Waals surface area (Å²) in [6.07, 6.45) is 0. The number of carbonyl (C=O) groups is 1. The summed E-state index contributed by atoms with van der Waals surface area (Å²) in [6.45, 7) is 7.28. The lowest BCUT2D eigenvalue weighted by atomic mass is 10.1. The minimum atomic E-state index is -3.67. The zero-order valence-corrected chi connectivity index (χ0v) is 19.5. The fraction of sp³-hybridized carbons (Fsp3) is 0.381. The number of hydrogen-bond donors (Lipinski definition) is 1. The van der Waals surface area contributed by atoms with Gasteiger partial charge in [0.15, 0.2) is 0 Å². The van der Waals surface area contributed by atoms with Crippen molar-refractivity contribution in [1.82, 2.24) is 9.21 Å². The largest absolute Gasteiger partial charge is 0.324 e. The summed E-state index contributed by atoms with van der Waals surface area (Å²) in [5.41, 5.74) is 2.87. The van der Waals surface area contributed by atoms with Crippen molar-refractivity contribution in [3.63, 3.8) is 0 Å². The van der Waals surface area contributed by atoms with Gasteiger partial charge >= 0.3 is 0 Å². The molecule has 1 unspecified atom stereocenters. The highest BCUT2D eigenvalue weighted by atomic mass is 35.5. The molecule has 1 atom stereocenters. The Kier molecular flexibility index (Phi) is 7.09. The van der Waals surface area contributed by atoms with Crippen LogP contribution in [0, 0.1) is 13.8 Å². The van der Waals surface area contributed by atoms with Crippen LogP contribution in [0.3, 0.4) is 0 Å². The number of anilines is 1. The molecule has 1 fully saturated rings. The predicted molar refractivity (Wildman–Crippen MR) is 121 cm³/mol. The Bertz CT molecular complexity index is 1050. The van der Waals surface area contributed by atoms with Crippen LogP contribution in [0.4, 0.5) is 5.69 Å². The highest BCUT2D eigenvalue weighted by Gasteiger charge is 2.32. The summed E-state index contributed by atoms with van der Waals surface area (Å²) in [4.78, 5) is 14.8. The van der Waals surface area contributed by atoms with Gasteiger partial charge in [0.05, 0.1) is 21.0 Å². The normalized spacial score (nSPS) is 17.0. The molecule has 1 N–H and O–H groups in total. The van der Waals surface area contributed by atoms with E-state index in [0.29, 0.717) is 31.2 Å². The minimum Gasteiger partial charge on any atom is -0.324 e. The zero-order chi connectivity index (χ0) is 22.1. The summed E-state index contributed by atoms with van der Waals surface area (Å²) in [7, 11) is -3.67. The van der Waals surface area contributed by atoms with Crippen molar-refractivity contribution in [2.24, 2.45) is 0 Å². The van der Waals surface area contributed by atoms with Gasteiger partial charge in [0, 0.05) is 31.9 Å². The number of halogens is 2. The summed E-state index contributed by atoms with van der Waals surface area (Å²) < 4.78 is 27.2. The third-order valence-electron chi connectivity index (χ3n) is 5.38.